The number of amides is 1. The largest absolute Gasteiger partial charge is 0.358 e. The lowest BCUT2D eigenvalue weighted by molar-refractivity contribution is -0.121. The van der Waals surface area contributed by atoms with E-state index in [1.165, 1.54) is 0 Å². The lowest BCUT2D eigenvalue weighted by Crippen LogP contribution is -2.26. The van der Waals surface area contributed by atoms with Gasteiger partial charge in [-0.05, 0) is 25.6 Å². The zero-order valence-electron chi connectivity index (χ0n) is 9.58. The highest BCUT2D eigenvalue weighted by molar-refractivity contribution is 5.75. The Morgan fingerprint density at radius 1 is 1.60 bits per heavy atom. The third-order valence-corrected chi connectivity index (χ3v) is 2.41. The standard InChI is InChI=1S/C11H19N3O/c1-4-13-9(2)10-6-5-7-14(10)8-11(15)12-3/h5-7,9,13H,4,8H2,1-3H3,(H,12,15). The van der Waals surface area contributed by atoms with Crippen LogP contribution in [0.25, 0.3) is 0 Å². The number of likely N-dealkylation sites (N-methyl/N-ethyl adjacent to an activating group) is 1. The molecule has 4 nitrogen and oxygen atoms in total. The van der Waals surface area contributed by atoms with Crippen LogP contribution in [0.4, 0.5) is 0 Å². The Morgan fingerprint density at radius 3 is 2.93 bits per heavy atom. The maximum absolute atomic E-state index is 11.3. The summed E-state index contributed by atoms with van der Waals surface area (Å²) in [5.74, 6) is 0.0242. The highest BCUT2D eigenvalue weighted by Crippen LogP contribution is 2.12. The van der Waals surface area contributed by atoms with Gasteiger partial charge in [0.15, 0.2) is 0 Å². The van der Waals surface area contributed by atoms with Crippen molar-refractivity contribution in [3.8, 4) is 0 Å². The SMILES string of the molecule is CCNC(C)c1cccn1CC(=O)NC. The number of carbonyl (C=O) groups excluding carboxylic acids is 1. The Labute approximate surface area is 90.7 Å². The molecule has 0 spiro atoms. The Kier molecular flexibility index (Phi) is 4.37. The van der Waals surface area contributed by atoms with Gasteiger partial charge in [-0.2, -0.15) is 0 Å². The van der Waals surface area contributed by atoms with Crippen molar-refractivity contribution in [2.24, 2.45) is 0 Å². The van der Waals surface area contributed by atoms with E-state index in [0.29, 0.717) is 6.54 Å². The van der Waals surface area contributed by atoms with Gasteiger partial charge in [0.05, 0.1) is 0 Å². The maximum atomic E-state index is 11.3. The summed E-state index contributed by atoms with van der Waals surface area (Å²) in [6.45, 7) is 5.47. The van der Waals surface area contributed by atoms with Gasteiger partial charge < -0.3 is 15.2 Å². The van der Waals surface area contributed by atoms with E-state index in [0.717, 1.165) is 12.2 Å². The van der Waals surface area contributed by atoms with E-state index in [2.05, 4.69) is 24.5 Å². The van der Waals surface area contributed by atoms with Gasteiger partial charge in [-0.3, -0.25) is 4.79 Å². The average Bonchev–Trinajstić information content (AvgIpc) is 2.66. The molecule has 1 aromatic rings. The average molecular weight is 209 g/mol. The van der Waals surface area contributed by atoms with Crippen molar-refractivity contribution in [1.82, 2.24) is 15.2 Å². The van der Waals surface area contributed by atoms with Crippen molar-refractivity contribution in [3.05, 3.63) is 24.0 Å². The van der Waals surface area contributed by atoms with E-state index < -0.39 is 0 Å². The first-order chi connectivity index (χ1) is 7.19. The summed E-state index contributed by atoms with van der Waals surface area (Å²) < 4.78 is 1.96. The molecule has 0 saturated heterocycles. The molecule has 4 heteroatoms. The molecule has 0 aromatic carbocycles. The van der Waals surface area contributed by atoms with Gasteiger partial charge in [0.2, 0.25) is 5.91 Å². The van der Waals surface area contributed by atoms with Crippen LogP contribution in [-0.2, 0) is 11.3 Å². The number of hydrogen-bond acceptors (Lipinski definition) is 2. The lowest BCUT2D eigenvalue weighted by atomic mass is 10.2. The third-order valence-electron chi connectivity index (χ3n) is 2.41. The van der Waals surface area contributed by atoms with E-state index >= 15 is 0 Å². The molecule has 0 aliphatic heterocycles. The monoisotopic (exact) mass is 209 g/mol. The molecule has 0 bridgehead atoms. The predicted molar refractivity (Wildman–Crippen MR) is 60.6 cm³/mol. The maximum Gasteiger partial charge on any atom is 0.239 e. The Morgan fingerprint density at radius 2 is 2.33 bits per heavy atom. The first-order valence-electron chi connectivity index (χ1n) is 5.28. The highest BCUT2D eigenvalue weighted by Gasteiger charge is 2.10. The summed E-state index contributed by atoms with van der Waals surface area (Å²) in [5.41, 5.74) is 1.14. The minimum Gasteiger partial charge on any atom is -0.358 e. The topological polar surface area (TPSA) is 46.1 Å². The lowest BCUT2D eigenvalue weighted by Gasteiger charge is -2.15. The van der Waals surface area contributed by atoms with E-state index in [-0.39, 0.29) is 11.9 Å². The Hall–Kier alpha value is -1.29. The first kappa shape index (κ1) is 11.8. The number of nitrogens with one attached hydrogen (secondary N) is 2. The van der Waals surface area contributed by atoms with Gasteiger partial charge >= 0.3 is 0 Å². The van der Waals surface area contributed by atoms with Gasteiger partial charge in [0, 0.05) is 25.0 Å². The number of aromatic nitrogens is 1. The molecule has 0 radical (unpaired) electrons. The van der Waals surface area contributed by atoms with Crippen molar-refractivity contribution >= 4 is 5.91 Å². The number of nitrogens with zero attached hydrogens (tertiary/aromatic N) is 1. The molecule has 84 valence electrons. The van der Waals surface area contributed by atoms with Crippen LogP contribution in [0.2, 0.25) is 0 Å². The van der Waals surface area contributed by atoms with Gasteiger partial charge in [0.25, 0.3) is 0 Å². The fraction of sp³-hybridized carbons (Fsp3) is 0.545. The van der Waals surface area contributed by atoms with E-state index in [1.54, 1.807) is 7.05 Å². The van der Waals surface area contributed by atoms with Crippen molar-refractivity contribution in [2.75, 3.05) is 13.6 Å². The van der Waals surface area contributed by atoms with Crippen molar-refractivity contribution < 1.29 is 4.79 Å². The van der Waals surface area contributed by atoms with Crippen LogP contribution in [-0.4, -0.2) is 24.1 Å². The normalized spacial score (nSPS) is 12.5. The summed E-state index contributed by atoms with van der Waals surface area (Å²) in [6, 6.07) is 4.28. The summed E-state index contributed by atoms with van der Waals surface area (Å²) in [7, 11) is 1.65. The molecule has 0 saturated carbocycles. The van der Waals surface area contributed by atoms with Crippen LogP contribution >= 0.6 is 0 Å². The fourth-order valence-electron chi connectivity index (χ4n) is 1.61. The molecular formula is C11H19N3O. The van der Waals surface area contributed by atoms with Crippen molar-refractivity contribution in [1.29, 1.82) is 0 Å². The number of rotatable bonds is 5. The second kappa shape index (κ2) is 5.56. The van der Waals surface area contributed by atoms with E-state index in [1.807, 2.05) is 22.9 Å². The molecule has 15 heavy (non-hydrogen) atoms. The predicted octanol–water partition coefficient (Wildman–Crippen LogP) is 0.905. The summed E-state index contributed by atoms with van der Waals surface area (Å²) in [5, 5.41) is 5.95. The summed E-state index contributed by atoms with van der Waals surface area (Å²) >= 11 is 0. The molecule has 1 heterocycles. The number of carbonyl (C=O) groups is 1. The number of hydrogen-bond donors (Lipinski definition) is 2. The third kappa shape index (κ3) is 3.09. The van der Waals surface area contributed by atoms with Gasteiger partial charge in [-0.15, -0.1) is 0 Å². The van der Waals surface area contributed by atoms with Gasteiger partial charge in [-0.1, -0.05) is 6.92 Å². The summed E-state index contributed by atoms with van der Waals surface area (Å²) in [4.78, 5) is 11.3. The zero-order chi connectivity index (χ0) is 11.3. The molecule has 2 N–H and O–H groups in total. The molecule has 0 aliphatic rings. The molecule has 1 atom stereocenters. The van der Waals surface area contributed by atoms with Crippen molar-refractivity contribution in [2.45, 2.75) is 26.4 Å². The molecule has 0 aliphatic carbocycles. The molecular weight excluding hydrogens is 190 g/mol. The molecule has 1 aromatic heterocycles. The minimum atomic E-state index is 0.0242. The fourth-order valence-corrected chi connectivity index (χ4v) is 1.61. The zero-order valence-corrected chi connectivity index (χ0v) is 9.58. The molecule has 0 fully saturated rings. The van der Waals surface area contributed by atoms with Crippen LogP contribution in [0.15, 0.2) is 18.3 Å². The molecule has 1 amide bonds. The second-order valence-electron chi connectivity index (χ2n) is 3.51. The van der Waals surface area contributed by atoms with Crippen LogP contribution in [0.3, 0.4) is 0 Å². The summed E-state index contributed by atoms with van der Waals surface area (Å²) in [6.07, 6.45) is 1.93. The highest BCUT2D eigenvalue weighted by atomic mass is 16.1. The van der Waals surface area contributed by atoms with E-state index in [9.17, 15) is 4.79 Å². The van der Waals surface area contributed by atoms with Crippen LogP contribution < -0.4 is 10.6 Å². The van der Waals surface area contributed by atoms with Gasteiger partial charge in [0.1, 0.15) is 6.54 Å². The molecule has 1 unspecified atom stereocenters. The van der Waals surface area contributed by atoms with Crippen molar-refractivity contribution in [3.63, 3.8) is 0 Å². The van der Waals surface area contributed by atoms with Gasteiger partial charge in [-0.25, -0.2) is 0 Å². The molecule has 1 rings (SSSR count). The smallest absolute Gasteiger partial charge is 0.239 e. The van der Waals surface area contributed by atoms with Crippen LogP contribution in [0, 0.1) is 0 Å². The quantitative estimate of drug-likeness (QED) is 0.757. The van der Waals surface area contributed by atoms with E-state index in [4.69, 9.17) is 0 Å². The van der Waals surface area contributed by atoms with Crippen LogP contribution in [0.1, 0.15) is 25.6 Å². The van der Waals surface area contributed by atoms with Crippen LogP contribution in [0.5, 0.6) is 0 Å². The Balaban J connectivity index is 2.72. The Bertz CT molecular complexity index is 319. The second-order valence-corrected chi connectivity index (χ2v) is 3.51. The minimum absolute atomic E-state index is 0.0242. The first-order valence-corrected chi connectivity index (χ1v) is 5.28.